The van der Waals surface area contributed by atoms with Crippen molar-refractivity contribution >= 4 is 21.7 Å². The lowest BCUT2D eigenvalue weighted by atomic mass is 10.1. The number of anilines is 1. The second kappa shape index (κ2) is 8.24. The highest BCUT2D eigenvalue weighted by molar-refractivity contribution is 7.89. The van der Waals surface area contributed by atoms with Crippen LogP contribution < -0.4 is 4.90 Å². The number of carbonyl (C=O) groups is 1. The second-order valence-electron chi connectivity index (χ2n) is 8.55. The number of fused-ring (bicyclic) bond motifs is 1. The Morgan fingerprint density at radius 2 is 1.61 bits per heavy atom. The first-order chi connectivity index (χ1) is 15.0. The van der Waals surface area contributed by atoms with Crippen LogP contribution in [0.2, 0.25) is 0 Å². The van der Waals surface area contributed by atoms with Crippen molar-refractivity contribution in [1.29, 1.82) is 0 Å². The molecule has 0 unspecified atom stereocenters. The second-order valence-corrected chi connectivity index (χ2v) is 10.5. The summed E-state index contributed by atoms with van der Waals surface area (Å²) in [5, 5.41) is 0. The largest absolute Gasteiger partial charge is 0.356 e. The molecule has 1 amide bonds. The number of hydrogen-bond acceptors (Lipinski definition) is 5. The fraction of sp³-hybridized carbons (Fsp3) is 0.478. The van der Waals surface area contributed by atoms with Gasteiger partial charge >= 0.3 is 0 Å². The zero-order valence-electron chi connectivity index (χ0n) is 17.7. The van der Waals surface area contributed by atoms with Gasteiger partial charge in [0.25, 0.3) is 5.91 Å². The van der Waals surface area contributed by atoms with Crippen molar-refractivity contribution in [2.45, 2.75) is 37.0 Å². The molecule has 2 fully saturated rings. The van der Waals surface area contributed by atoms with E-state index < -0.39 is 10.0 Å². The highest BCUT2D eigenvalue weighted by Gasteiger charge is 2.32. The molecule has 3 aliphatic rings. The number of rotatable bonds is 4. The van der Waals surface area contributed by atoms with Crippen molar-refractivity contribution in [3.63, 3.8) is 0 Å². The molecule has 3 heterocycles. The number of aromatic nitrogens is 1. The first kappa shape index (κ1) is 20.5. The molecule has 2 aromatic rings. The zero-order valence-corrected chi connectivity index (χ0v) is 18.5. The minimum Gasteiger partial charge on any atom is -0.356 e. The van der Waals surface area contributed by atoms with Gasteiger partial charge in [0.05, 0.1) is 10.5 Å². The average Bonchev–Trinajstić information content (AvgIpc) is 3.50. The number of amides is 1. The summed E-state index contributed by atoms with van der Waals surface area (Å²) in [7, 11) is -3.54. The summed E-state index contributed by atoms with van der Waals surface area (Å²) in [6.07, 6.45) is 7.03. The van der Waals surface area contributed by atoms with Gasteiger partial charge in [-0.1, -0.05) is 6.07 Å². The van der Waals surface area contributed by atoms with Crippen molar-refractivity contribution in [2.24, 2.45) is 0 Å². The Balaban J connectivity index is 1.29. The fourth-order valence-electron chi connectivity index (χ4n) is 4.90. The Morgan fingerprint density at radius 1 is 0.871 bits per heavy atom. The predicted octanol–water partition coefficient (Wildman–Crippen LogP) is 2.32. The Hall–Kier alpha value is -2.45. The lowest BCUT2D eigenvalue weighted by Gasteiger charge is -2.34. The van der Waals surface area contributed by atoms with Crippen LogP contribution in [0.5, 0.6) is 0 Å². The molecule has 0 atom stereocenters. The third kappa shape index (κ3) is 3.83. The first-order valence-electron chi connectivity index (χ1n) is 11.2. The van der Waals surface area contributed by atoms with E-state index in [0.717, 1.165) is 56.6 Å². The van der Waals surface area contributed by atoms with Gasteiger partial charge in [-0.3, -0.25) is 4.79 Å². The van der Waals surface area contributed by atoms with Crippen LogP contribution in [0.25, 0.3) is 0 Å². The molecule has 5 rings (SSSR count). The van der Waals surface area contributed by atoms with Gasteiger partial charge in [-0.2, -0.15) is 4.31 Å². The molecule has 0 bridgehead atoms. The van der Waals surface area contributed by atoms with Gasteiger partial charge in [0.15, 0.2) is 0 Å². The van der Waals surface area contributed by atoms with E-state index in [1.807, 2.05) is 18.2 Å². The van der Waals surface area contributed by atoms with Crippen LogP contribution in [0.4, 0.5) is 5.82 Å². The van der Waals surface area contributed by atoms with Crippen LogP contribution in [0, 0.1) is 0 Å². The lowest BCUT2D eigenvalue weighted by molar-refractivity contribution is 0.0698. The highest BCUT2D eigenvalue weighted by atomic mass is 32.2. The predicted molar refractivity (Wildman–Crippen MR) is 119 cm³/mol. The number of piperazine rings is 1. The standard InChI is InChI=1S/C23H28N4O3S/c28-23(21-7-4-10-24-22(21)25-11-1-2-12-25)26-13-15-27(16-14-26)31(29,30)20-9-8-18-5-3-6-19(18)17-20/h4,7-10,17H,1-3,5-6,11-16H2. The number of pyridine rings is 1. The molecular weight excluding hydrogens is 412 g/mol. The number of carbonyl (C=O) groups excluding carboxylic acids is 1. The van der Waals surface area contributed by atoms with Gasteiger partial charge in [-0.25, -0.2) is 13.4 Å². The van der Waals surface area contributed by atoms with Crippen LogP contribution in [-0.4, -0.2) is 67.8 Å². The quantitative estimate of drug-likeness (QED) is 0.730. The monoisotopic (exact) mass is 440 g/mol. The van der Waals surface area contributed by atoms with Gasteiger partial charge in [0.1, 0.15) is 5.82 Å². The maximum atomic E-state index is 13.2. The Bertz CT molecular complexity index is 1090. The molecule has 1 aliphatic carbocycles. The van der Waals surface area contributed by atoms with E-state index in [-0.39, 0.29) is 5.91 Å². The van der Waals surface area contributed by atoms with Crippen LogP contribution >= 0.6 is 0 Å². The van der Waals surface area contributed by atoms with Gasteiger partial charge in [0, 0.05) is 45.5 Å². The lowest BCUT2D eigenvalue weighted by Crippen LogP contribution is -2.50. The van der Waals surface area contributed by atoms with E-state index >= 15 is 0 Å². The Morgan fingerprint density at radius 3 is 2.39 bits per heavy atom. The Kier molecular flexibility index (Phi) is 5.44. The summed E-state index contributed by atoms with van der Waals surface area (Å²) < 4.78 is 27.8. The summed E-state index contributed by atoms with van der Waals surface area (Å²) in [6.45, 7) is 3.23. The third-order valence-electron chi connectivity index (χ3n) is 6.66. The van der Waals surface area contributed by atoms with Gasteiger partial charge in [-0.05, 0) is 67.5 Å². The normalized spacial score (nSPS) is 19.6. The molecule has 164 valence electrons. The highest BCUT2D eigenvalue weighted by Crippen LogP contribution is 2.28. The summed E-state index contributed by atoms with van der Waals surface area (Å²) in [4.78, 5) is 22.0. The number of hydrogen-bond donors (Lipinski definition) is 0. The molecule has 7 nitrogen and oxygen atoms in total. The molecule has 8 heteroatoms. The van der Waals surface area contributed by atoms with Crippen LogP contribution in [0.15, 0.2) is 41.4 Å². The first-order valence-corrected chi connectivity index (χ1v) is 12.6. The SMILES string of the molecule is O=C(c1cccnc1N1CCCC1)N1CCN(S(=O)(=O)c2ccc3c(c2)CCC3)CC1. The van der Waals surface area contributed by atoms with Gasteiger partial charge in [0.2, 0.25) is 10.0 Å². The van der Waals surface area contributed by atoms with Crippen molar-refractivity contribution in [1.82, 2.24) is 14.2 Å². The molecule has 0 N–H and O–H groups in total. The van der Waals surface area contributed by atoms with Crippen molar-refractivity contribution in [3.8, 4) is 0 Å². The molecule has 1 aromatic heterocycles. The molecular formula is C23H28N4O3S. The number of sulfonamides is 1. The molecule has 2 aliphatic heterocycles. The van der Waals surface area contributed by atoms with E-state index in [9.17, 15) is 13.2 Å². The minimum absolute atomic E-state index is 0.0652. The van der Waals surface area contributed by atoms with Crippen molar-refractivity contribution in [3.05, 3.63) is 53.2 Å². The Labute approximate surface area is 183 Å². The molecule has 0 spiro atoms. The van der Waals surface area contributed by atoms with Crippen LogP contribution in [0.3, 0.4) is 0 Å². The van der Waals surface area contributed by atoms with Crippen LogP contribution in [-0.2, 0) is 22.9 Å². The summed E-state index contributed by atoms with van der Waals surface area (Å²) in [5.74, 6) is 0.683. The minimum atomic E-state index is -3.54. The van der Waals surface area contributed by atoms with E-state index in [1.165, 1.54) is 9.87 Å². The van der Waals surface area contributed by atoms with E-state index in [4.69, 9.17) is 0 Å². The average molecular weight is 441 g/mol. The number of benzene rings is 1. The number of nitrogens with zero attached hydrogens (tertiary/aromatic N) is 4. The zero-order chi connectivity index (χ0) is 21.4. The maximum absolute atomic E-state index is 13.2. The van der Waals surface area contributed by atoms with Crippen molar-refractivity contribution < 1.29 is 13.2 Å². The van der Waals surface area contributed by atoms with E-state index in [1.54, 1.807) is 23.2 Å². The molecule has 2 saturated heterocycles. The third-order valence-corrected chi connectivity index (χ3v) is 8.55. The van der Waals surface area contributed by atoms with Crippen LogP contribution in [0.1, 0.15) is 40.7 Å². The summed E-state index contributed by atoms with van der Waals surface area (Å²) >= 11 is 0. The topological polar surface area (TPSA) is 73.8 Å². The van der Waals surface area contributed by atoms with E-state index in [0.29, 0.717) is 36.6 Å². The van der Waals surface area contributed by atoms with Gasteiger partial charge < -0.3 is 9.80 Å². The molecule has 0 radical (unpaired) electrons. The smallest absolute Gasteiger partial charge is 0.257 e. The number of aryl methyl sites for hydroxylation is 2. The summed E-state index contributed by atoms with van der Waals surface area (Å²) in [5.41, 5.74) is 3.03. The van der Waals surface area contributed by atoms with E-state index in [2.05, 4.69) is 9.88 Å². The molecule has 31 heavy (non-hydrogen) atoms. The summed E-state index contributed by atoms with van der Waals surface area (Å²) in [6, 6.07) is 9.15. The molecule has 1 aromatic carbocycles. The van der Waals surface area contributed by atoms with Crippen molar-refractivity contribution in [2.75, 3.05) is 44.2 Å². The fourth-order valence-corrected chi connectivity index (χ4v) is 6.38. The maximum Gasteiger partial charge on any atom is 0.257 e. The van der Waals surface area contributed by atoms with Gasteiger partial charge in [-0.15, -0.1) is 0 Å². The molecule has 0 saturated carbocycles.